The SMILES string of the molecule is CCC(=O)N1c2ccccc2NC2=C(C(=O)CC(C)(C)C2)[C@H]1c1cccc(OC)c1. The van der Waals surface area contributed by atoms with Gasteiger partial charge in [-0.2, -0.15) is 0 Å². The average molecular weight is 405 g/mol. The van der Waals surface area contributed by atoms with Crippen molar-refractivity contribution in [1.82, 2.24) is 0 Å². The van der Waals surface area contributed by atoms with Gasteiger partial charge in [0.1, 0.15) is 5.75 Å². The van der Waals surface area contributed by atoms with E-state index in [0.717, 1.165) is 29.1 Å². The van der Waals surface area contributed by atoms with Gasteiger partial charge in [0.15, 0.2) is 5.78 Å². The number of ketones is 1. The summed E-state index contributed by atoms with van der Waals surface area (Å²) in [6.07, 6.45) is 1.55. The Labute approximate surface area is 177 Å². The number of para-hydroxylation sites is 2. The molecule has 1 aliphatic heterocycles. The average Bonchev–Trinajstić information content (AvgIpc) is 2.86. The Bertz CT molecular complexity index is 1040. The van der Waals surface area contributed by atoms with Crippen molar-refractivity contribution in [2.45, 2.75) is 46.1 Å². The minimum atomic E-state index is -0.498. The number of anilines is 2. The van der Waals surface area contributed by atoms with Gasteiger partial charge in [-0.05, 0) is 41.7 Å². The van der Waals surface area contributed by atoms with Crippen LogP contribution in [0, 0.1) is 5.41 Å². The van der Waals surface area contributed by atoms with E-state index in [0.29, 0.717) is 24.2 Å². The normalized spacial score (nSPS) is 20.1. The van der Waals surface area contributed by atoms with Gasteiger partial charge in [-0.1, -0.05) is 45.0 Å². The topological polar surface area (TPSA) is 58.6 Å². The third-order valence-corrected chi connectivity index (χ3v) is 5.88. The Morgan fingerprint density at radius 1 is 1.17 bits per heavy atom. The monoisotopic (exact) mass is 404 g/mol. The lowest BCUT2D eigenvalue weighted by Gasteiger charge is -2.37. The molecule has 0 unspecified atom stereocenters. The van der Waals surface area contributed by atoms with Crippen LogP contribution in [0.1, 0.15) is 51.6 Å². The second-order valence-corrected chi connectivity index (χ2v) is 8.77. The highest BCUT2D eigenvalue weighted by atomic mass is 16.5. The van der Waals surface area contributed by atoms with Gasteiger partial charge >= 0.3 is 0 Å². The summed E-state index contributed by atoms with van der Waals surface area (Å²) in [6, 6.07) is 15.0. The summed E-state index contributed by atoms with van der Waals surface area (Å²) in [5.41, 5.74) is 3.96. The van der Waals surface area contributed by atoms with Crippen molar-refractivity contribution in [1.29, 1.82) is 0 Å². The second kappa shape index (κ2) is 7.63. The maximum Gasteiger partial charge on any atom is 0.227 e. The number of amides is 1. The number of ether oxygens (including phenoxy) is 1. The molecule has 1 heterocycles. The Kier molecular flexibility index (Phi) is 5.14. The Hall–Kier alpha value is -3.08. The molecule has 30 heavy (non-hydrogen) atoms. The van der Waals surface area contributed by atoms with E-state index in [2.05, 4.69) is 19.2 Å². The third-order valence-electron chi connectivity index (χ3n) is 5.88. The number of fused-ring (bicyclic) bond motifs is 1. The van der Waals surface area contributed by atoms with Crippen molar-refractivity contribution >= 4 is 23.1 Å². The zero-order valence-corrected chi connectivity index (χ0v) is 18.0. The third kappa shape index (κ3) is 3.49. The fraction of sp³-hybridized carbons (Fsp3) is 0.360. The van der Waals surface area contributed by atoms with Crippen molar-refractivity contribution in [3.05, 3.63) is 65.4 Å². The molecule has 1 aliphatic carbocycles. The van der Waals surface area contributed by atoms with Gasteiger partial charge in [0.2, 0.25) is 5.91 Å². The molecule has 0 spiro atoms. The maximum absolute atomic E-state index is 13.5. The molecule has 4 rings (SSSR count). The number of carbonyl (C=O) groups excluding carboxylic acids is 2. The van der Waals surface area contributed by atoms with Crippen LogP contribution < -0.4 is 15.0 Å². The van der Waals surface area contributed by atoms with Crippen LogP contribution in [0.25, 0.3) is 0 Å². The molecular weight excluding hydrogens is 376 g/mol. The van der Waals surface area contributed by atoms with Crippen LogP contribution in [0.5, 0.6) is 5.75 Å². The van der Waals surface area contributed by atoms with Gasteiger partial charge < -0.3 is 10.1 Å². The number of hydrogen-bond acceptors (Lipinski definition) is 4. The first-order chi connectivity index (χ1) is 14.3. The largest absolute Gasteiger partial charge is 0.497 e. The number of hydrogen-bond donors (Lipinski definition) is 1. The lowest BCUT2D eigenvalue weighted by molar-refractivity contribution is -0.119. The molecule has 1 amide bonds. The van der Waals surface area contributed by atoms with E-state index in [1.54, 1.807) is 12.0 Å². The van der Waals surface area contributed by atoms with Gasteiger partial charge in [0, 0.05) is 24.1 Å². The molecule has 0 saturated heterocycles. The predicted molar refractivity (Wildman–Crippen MR) is 119 cm³/mol. The first-order valence-corrected chi connectivity index (χ1v) is 10.4. The Morgan fingerprint density at radius 2 is 1.93 bits per heavy atom. The van der Waals surface area contributed by atoms with Crippen LogP contribution in [0.4, 0.5) is 11.4 Å². The fourth-order valence-corrected chi connectivity index (χ4v) is 4.56. The Balaban J connectivity index is 2.01. The number of allylic oxidation sites excluding steroid dienone is 1. The number of nitrogens with one attached hydrogen (secondary N) is 1. The van der Waals surface area contributed by atoms with Crippen molar-refractivity contribution in [3.8, 4) is 5.75 Å². The van der Waals surface area contributed by atoms with Crippen molar-refractivity contribution < 1.29 is 14.3 Å². The fourth-order valence-electron chi connectivity index (χ4n) is 4.56. The molecule has 0 aromatic heterocycles. The maximum atomic E-state index is 13.5. The van der Waals surface area contributed by atoms with E-state index in [1.165, 1.54) is 0 Å². The van der Waals surface area contributed by atoms with Crippen LogP contribution in [0.3, 0.4) is 0 Å². The highest BCUT2D eigenvalue weighted by Crippen LogP contribution is 2.48. The molecular formula is C25H28N2O3. The Morgan fingerprint density at radius 3 is 2.67 bits per heavy atom. The highest BCUT2D eigenvalue weighted by Gasteiger charge is 2.42. The van der Waals surface area contributed by atoms with Crippen LogP contribution in [-0.2, 0) is 9.59 Å². The minimum Gasteiger partial charge on any atom is -0.497 e. The summed E-state index contributed by atoms with van der Waals surface area (Å²) >= 11 is 0. The van der Waals surface area contributed by atoms with E-state index < -0.39 is 6.04 Å². The summed E-state index contributed by atoms with van der Waals surface area (Å²) in [6.45, 7) is 6.08. The first kappa shape index (κ1) is 20.2. The molecule has 2 aliphatic rings. The van der Waals surface area contributed by atoms with Crippen LogP contribution in [0.15, 0.2) is 59.8 Å². The molecule has 0 bridgehead atoms. The molecule has 2 aromatic carbocycles. The summed E-state index contributed by atoms with van der Waals surface area (Å²) in [5.74, 6) is 0.763. The number of methoxy groups -OCH3 is 1. The van der Waals surface area contributed by atoms with E-state index >= 15 is 0 Å². The second-order valence-electron chi connectivity index (χ2n) is 8.77. The lowest BCUT2D eigenvalue weighted by atomic mass is 9.73. The molecule has 5 heteroatoms. The summed E-state index contributed by atoms with van der Waals surface area (Å²) in [4.78, 5) is 28.5. The van der Waals surface area contributed by atoms with E-state index in [9.17, 15) is 9.59 Å². The van der Waals surface area contributed by atoms with Crippen LogP contribution in [-0.4, -0.2) is 18.8 Å². The predicted octanol–water partition coefficient (Wildman–Crippen LogP) is 5.25. The van der Waals surface area contributed by atoms with Crippen LogP contribution >= 0.6 is 0 Å². The van der Waals surface area contributed by atoms with Gasteiger partial charge in [-0.3, -0.25) is 14.5 Å². The quantitative estimate of drug-likeness (QED) is 0.759. The number of benzene rings is 2. The lowest BCUT2D eigenvalue weighted by Crippen LogP contribution is -2.39. The van der Waals surface area contributed by atoms with Gasteiger partial charge in [0.05, 0.1) is 24.5 Å². The summed E-state index contributed by atoms with van der Waals surface area (Å²) in [7, 11) is 1.62. The first-order valence-electron chi connectivity index (χ1n) is 10.4. The molecule has 1 N–H and O–H groups in total. The molecule has 0 fully saturated rings. The van der Waals surface area contributed by atoms with Gasteiger partial charge in [-0.25, -0.2) is 0 Å². The summed E-state index contributed by atoms with van der Waals surface area (Å²) in [5, 5.41) is 3.52. The van der Waals surface area contributed by atoms with E-state index in [4.69, 9.17) is 4.74 Å². The molecule has 2 aromatic rings. The van der Waals surface area contributed by atoms with E-state index in [-0.39, 0.29) is 17.1 Å². The standard InChI is InChI=1S/C25H28N2O3/c1-5-22(29)27-20-12-7-6-11-18(20)26-19-14-25(2,3)15-21(28)23(19)24(27)16-9-8-10-17(13-16)30-4/h6-13,24,26H,5,14-15H2,1-4H3/t24-/m1/s1. The number of nitrogens with zero attached hydrogens (tertiary/aromatic N) is 1. The van der Waals surface area contributed by atoms with Crippen LogP contribution in [0.2, 0.25) is 0 Å². The van der Waals surface area contributed by atoms with Crippen molar-refractivity contribution in [3.63, 3.8) is 0 Å². The van der Waals surface area contributed by atoms with Gasteiger partial charge in [-0.15, -0.1) is 0 Å². The van der Waals surface area contributed by atoms with Crippen molar-refractivity contribution in [2.24, 2.45) is 5.41 Å². The summed E-state index contributed by atoms with van der Waals surface area (Å²) < 4.78 is 5.44. The minimum absolute atomic E-state index is 0.0246. The highest BCUT2D eigenvalue weighted by molar-refractivity contribution is 6.06. The number of carbonyl (C=O) groups is 2. The zero-order valence-electron chi connectivity index (χ0n) is 18.0. The molecule has 0 saturated carbocycles. The zero-order chi connectivity index (χ0) is 21.5. The molecule has 156 valence electrons. The number of Topliss-reactive ketones (excluding diaryl/α,β-unsaturated/α-hetero) is 1. The molecule has 1 atom stereocenters. The van der Waals surface area contributed by atoms with E-state index in [1.807, 2.05) is 55.5 Å². The molecule has 5 nitrogen and oxygen atoms in total. The molecule has 0 radical (unpaired) electrons. The van der Waals surface area contributed by atoms with Gasteiger partial charge in [0.25, 0.3) is 0 Å². The smallest absolute Gasteiger partial charge is 0.227 e. The number of rotatable bonds is 3. The van der Waals surface area contributed by atoms with Crippen molar-refractivity contribution in [2.75, 3.05) is 17.3 Å².